The Labute approximate surface area is 111 Å². The minimum absolute atomic E-state index is 0.135. The van der Waals surface area contributed by atoms with Crippen LogP contribution in [0.25, 0.3) is 0 Å². The van der Waals surface area contributed by atoms with Crippen LogP contribution in [0.15, 0.2) is 30.3 Å². The summed E-state index contributed by atoms with van der Waals surface area (Å²) in [6, 6.07) is 8.13. The number of Topliss-reactive ketones (excluding diaryl/α,β-unsaturated/α-hetero) is 1. The number of para-hydroxylation sites is 1. The maximum atomic E-state index is 12.1. The Bertz CT molecular complexity index is 460. The van der Waals surface area contributed by atoms with Crippen molar-refractivity contribution in [3.63, 3.8) is 0 Å². The number of benzene rings is 1. The summed E-state index contributed by atoms with van der Waals surface area (Å²) >= 11 is 0. The lowest BCUT2D eigenvalue weighted by Crippen LogP contribution is -2.51. The van der Waals surface area contributed by atoms with Gasteiger partial charge in [-0.3, -0.25) is 9.69 Å². The Hall–Kier alpha value is -1.88. The Morgan fingerprint density at radius 2 is 2.00 bits per heavy atom. The zero-order valence-corrected chi connectivity index (χ0v) is 10.8. The number of nitrogens with zero attached hydrogens (tertiary/aromatic N) is 1. The van der Waals surface area contributed by atoms with E-state index in [0.29, 0.717) is 18.7 Å². The van der Waals surface area contributed by atoms with E-state index in [1.165, 1.54) is 11.8 Å². The molecule has 2 unspecified atom stereocenters. The van der Waals surface area contributed by atoms with Crippen LogP contribution in [0.2, 0.25) is 0 Å². The first-order chi connectivity index (χ1) is 9.08. The van der Waals surface area contributed by atoms with Crippen molar-refractivity contribution in [3.05, 3.63) is 30.3 Å². The predicted octanol–water partition coefficient (Wildman–Crippen LogP) is 1.60. The fourth-order valence-electron chi connectivity index (χ4n) is 2.20. The lowest BCUT2D eigenvalue weighted by Gasteiger charge is -2.35. The third-order valence-corrected chi connectivity index (χ3v) is 3.23. The number of carbonyl (C=O) groups is 2. The standard InChI is InChI=1S/C14H17NO4/c1-10(16)13-9-11(17)7-8-15(13)14(18)19-12-5-3-2-4-6-12/h2-6,11,13,17H,7-9H2,1H3. The third-order valence-electron chi connectivity index (χ3n) is 3.23. The second kappa shape index (κ2) is 5.84. The monoisotopic (exact) mass is 263 g/mol. The van der Waals surface area contributed by atoms with Crippen LogP contribution in [0, 0.1) is 0 Å². The molecule has 0 spiro atoms. The van der Waals surface area contributed by atoms with Crippen molar-refractivity contribution in [1.82, 2.24) is 4.90 Å². The largest absolute Gasteiger partial charge is 0.415 e. The topological polar surface area (TPSA) is 66.8 Å². The molecule has 1 aliphatic rings. The summed E-state index contributed by atoms with van der Waals surface area (Å²) in [4.78, 5) is 25.0. The number of likely N-dealkylation sites (tertiary alicyclic amines) is 1. The van der Waals surface area contributed by atoms with Gasteiger partial charge in [-0.1, -0.05) is 18.2 Å². The lowest BCUT2D eigenvalue weighted by atomic mass is 9.97. The average molecular weight is 263 g/mol. The number of carbonyl (C=O) groups excluding carboxylic acids is 2. The van der Waals surface area contributed by atoms with Crippen molar-refractivity contribution in [3.8, 4) is 5.75 Å². The highest BCUT2D eigenvalue weighted by atomic mass is 16.6. The van der Waals surface area contributed by atoms with E-state index in [0.717, 1.165) is 0 Å². The van der Waals surface area contributed by atoms with E-state index in [1.807, 2.05) is 6.07 Å². The molecule has 1 fully saturated rings. The van der Waals surface area contributed by atoms with Gasteiger partial charge in [0, 0.05) is 13.0 Å². The van der Waals surface area contributed by atoms with E-state index in [-0.39, 0.29) is 12.2 Å². The van der Waals surface area contributed by atoms with Crippen LogP contribution >= 0.6 is 0 Å². The van der Waals surface area contributed by atoms with Crippen LogP contribution in [0.3, 0.4) is 0 Å². The summed E-state index contributed by atoms with van der Waals surface area (Å²) < 4.78 is 5.22. The van der Waals surface area contributed by atoms with Crippen molar-refractivity contribution < 1.29 is 19.4 Å². The highest BCUT2D eigenvalue weighted by Gasteiger charge is 2.34. The molecule has 1 aliphatic heterocycles. The number of rotatable bonds is 2. The van der Waals surface area contributed by atoms with E-state index in [2.05, 4.69) is 0 Å². The molecule has 19 heavy (non-hydrogen) atoms. The number of hydrogen-bond donors (Lipinski definition) is 1. The number of ketones is 1. The summed E-state index contributed by atoms with van der Waals surface area (Å²) in [5.74, 6) is 0.310. The Morgan fingerprint density at radius 1 is 1.32 bits per heavy atom. The molecule has 2 atom stereocenters. The normalized spacial score (nSPS) is 22.9. The maximum Gasteiger partial charge on any atom is 0.415 e. The summed E-state index contributed by atoms with van der Waals surface area (Å²) in [5.41, 5.74) is 0. The summed E-state index contributed by atoms with van der Waals surface area (Å²) in [6.45, 7) is 1.75. The summed E-state index contributed by atoms with van der Waals surface area (Å²) in [5, 5.41) is 9.59. The summed E-state index contributed by atoms with van der Waals surface area (Å²) in [6.07, 6.45) is -0.333. The molecule has 0 aliphatic carbocycles. The first-order valence-electron chi connectivity index (χ1n) is 6.30. The van der Waals surface area contributed by atoms with E-state index in [9.17, 15) is 14.7 Å². The molecule has 0 radical (unpaired) electrons. The number of ether oxygens (including phenoxy) is 1. The van der Waals surface area contributed by atoms with Gasteiger partial charge in [-0.15, -0.1) is 0 Å². The van der Waals surface area contributed by atoms with Crippen molar-refractivity contribution >= 4 is 11.9 Å². The second-order valence-electron chi connectivity index (χ2n) is 4.68. The molecular formula is C14H17NO4. The number of piperidine rings is 1. The van der Waals surface area contributed by atoms with Gasteiger partial charge >= 0.3 is 6.09 Å². The molecule has 1 amide bonds. The number of aliphatic hydroxyl groups excluding tert-OH is 1. The third kappa shape index (κ3) is 3.32. The number of hydrogen-bond acceptors (Lipinski definition) is 4. The molecule has 102 valence electrons. The van der Waals surface area contributed by atoms with Crippen LogP contribution in [0.1, 0.15) is 19.8 Å². The van der Waals surface area contributed by atoms with Gasteiger partial charge in [-0.05, 0) is 25.5 Å². The highest BCUT2D eigenvalue weighted by Crippen LogP contribution is 2.20. The quantitative estimate of drug-likeness (QED) is 0.880. The zero-order chi connectivity index (χ0) is 13.8. The average Bonchev–Trinajstić information content (AvgIpc) is 2.39. The Balaban J connectivity index is 2.06. The van der Waals surface area contributed by atoms with Gasteiger partial charge in [0.15, 0.2) is 5.78 Å². The van der Waals surface area contributed by atoms with Crippen LogP contribution < -0.4 is 4.74 Å². The first-order valence-corrected chi connectivity index (χ1v) is 6.30. The molecule has 0 aromatic heterocycles. The molecule has 1 heterocycles. The summed E-state index contributed by atoms with van der Waals surface area (Å²) in [7, 11) is 0. The van der Waals surface area contributed by atoms with Gasteiger partial charge in [0.25, 0.3) is 0 Å². The molecule has 0 saturated carbocycles. The molecule has 1 N–H and O–H groups in total. The number of aliphatic hydroxyl groups is 1. The zero-order valence-electron chi connectivity index (χ0n) is 10.8. The minimum atomic E-state index is -0.597. The van der Waals surface area contributed by atoms with Gasteiger partial charge in [-0.25, -0.2) is 4.79 Å². The fourth-order valence-corrected chi connectivity index (χ4v) is 2.20. The van der Waals surface area contributed by atoms with Crippen molar-refractivity contribution in [2.45, 2.75) is 31.9 Å². The van der Waals surface area contributed by atoms with Crippen molar-refractivity contribution in [1.29, 1.82) is 0 Å². The Morgan fingerprint density at radius 3 is 2.63 bits per heavy atom. The molecule has 5 heteroatoms. The van der Waals surface area contributed by atoms with Gasteiger partial charge in [0.1, 0.15) is 5.75 Å². The van der Waals surface area contributed by atoms with E-state index in [4.69, 9.17) is 4.74 Å². The fraction of sp³-hybridized carbons (Fsp3) is 0.429. The van der Waals surface area contributed by atoms with Crippen LogP contribution in [0.4, 0.5) is 4.79 Å². The van der Waals surface area contributed by atoms with Crippen LogP contribution in [0.5, 0.6) is 5.75 Å². The molecular weight excluding hydrogens is 246 g/mol. The smallest absolute Gasteiger partial charge is 0.410 e. The van der Waals surface area contributed by atoms with Crippen molar-refractivity contribution in [2.75, 3.05) is 6.54 Å². The molecule has 0 bridgehead atoms. The first kappa shape index (κ1) is 13.5. The second-order valence-corrected chi connectivity index (χ2v) is 4.68. The minimum Gasteiger partial charge on any atom is -0.410 e. The maximum absolute atomic E-state index is 12.1. The van der Waals surface area contributed by atoms with Crippen molar-refractivity contribution in [2.24, 2.45) is 0 Å². The van der Waals surface area contributed by atoms with Crippen LogP contribution in [-0.2, 0) is 4.79 Å². The predicted molar refractivity (Wildman–Crippen MR) is 68.9 cm³/mol. The van der Waals surface area contributed by atoms with Crippen LogP contribution in [-0.4, -0.2) is 40.6 Å². The van der Waals surface area contributed by atoms with E-state index in [1.54, 1.807) is 24.3 Å². The van der Waals surface area contributed by atoms with Gasteiger partial charge in [-0.2, -0.15) is 0 Å². The van der Waals surface area contributed by atoms with Gasteiger partial charge in [0.05, 0.1) is 12.1 Å². The van der Waals surface area contributed by atoms with Gasteiger partial charge in [0.2, 0.25) is 0 Å². The Kier molecular flexibility index (Phi) is 4.16. The molecule has 5 nitrogen and oxygen atoms in total. The van der Waals surface area contributed by atoms with Gasteiger partial charge < -0.3 is 9.84 Å². The van der Waals surface area contributed by atoms with E-state index < -0.39 is 18.2 Å². The SMILES string of the molecule is CC(=O)C1CC(O)CCN1C(=O)Oc1ccccc1. The lowest BCUT2D eigenvalue weighted by molar-refractivity contribution is -0.124. The number of amides is 1. The molecule has 2 rings (SSSR count). The molecule has 1 saturated heterocycles. The molecule has 1 aromatic carbocycles. The van der Waals surface area contributed by atoms with E-state index >= 15 is 0 Å². The molecule has 1 aromatic rings. The highest BCUT2D eigenvalue weighted by molar-refractivity contribution is 5.86.